The van der Waals surface area contributed by atoms with Gasteiger partial charge in [0.1, 0.15) is 4.88 Å². The Kier molecular flexibility index (Phi) is 4.72. The third-order valence-corrected chi connectivity index (χ3v) is 4.50. The summed E-state index contributed by atoms with van der Waals surface area (Å²) >= 11 is 1.37. The first kappa shape index (κ1) is 14.9. The van der Waals surface area contributed by atoms with Crippen molar-refractivity contribution in [2.75, 3.05) is 19.6 Å². The number of aryl methyl sites for hydroxylation is 2. The van der Waals surface area contributed by atoms with Crippen molar-refractivity contribution in [3.05, 3.63) is 15.6 Å². The van der Waals surface area contributed by atoms with Gasteiger partial charge in [0.25, 0.3) is 5.91 Å². The highest BCUT2D eigenvalue weighted by Gasteiger charge is 2.29. The second kappa shape index (κ2) is 6.32. The molecular formula is C13H20N4O2S. The number of aromatic nitrogens is 1. The van der Waals surface area contributed by atoms with E-state index in [-0.39, 0.29) is 18.5 Å². The molecule has 2 rings (SSSR count). The van der Waals surface area contributed by atoms with Crippen LogP contribution in [0.5, 0.6) is 0 Å². The molecule has 1 fully saturated rings. The molecule has 0 radical (unpaired) electrons. The van der Waals surface area contributed by atoms with Crippen molar-refractivity contribution in [1.82, 2.24) is 15.2 Å². The topological polar surface area (TPSA) is 88.3 Å². The number of hydrogen-bond acceptors (Lipinski definition) is 5. The summed E-state index contributed by atoms with van der Waals surface area (Å²) in [6.07, 6.45) is 1.69. The fourth-order valence-electron chi connectivity index (χ4n) is 2.51. The molecule has 110 valence electrons. The first-order chi connectivity index (χ1) is 9.49. The lowest BCUT2D eigenvalue weighted by Gasteiger charge is -2.33. The van der Waals surface area contributed by atoms with E-state index in [0.717, 1.165) is 36.6 Å². The average molecular weight is 296 g/mol. The molecule has 0 aliphatic carbocycles. The van der Waals surface area contributed by atoms with Crippen LogP contribution in [0, 0.1) is 13.8 Å². The minimum atomic E-state index is -0.476. The van der Waals surface area contributed by atoms with E-state index < -0.39 is 5.91 Å². The maximum atomic E-state index is 12.7. The molecule has 0 bridgehead atoms. The molecule has 1 saturated heterocycles. The monoisotopic (exact) mass is 296 g/mol. The maximum Gasteiger partial charge on any atom is 0.266 e. The first-order valence-corrected chi connectivity index (χ1v) is 7.54. The van der Waals surface area contributed by atoms with Gasteiger partial charge in [-0.1, -0.05) is 0 Å². The molecule has 7 heteroatoms. The third-order valence-electron chi connectivity index (χ3n) is 3.43. The van der Waals surface area contributed by atoms with Gasteiger partial charge in [0, 0.05) is 6.04 Å². The number of carbonyl (C=O) groups excluding carboxylic acids is 2. The van der Waals surface area contributed by atoms with Gasteiger partial charge in [-0.05, 0) is 39.8 Å². The molecule has 2 amide bonds. The largest absolute Gasteiger partial charge is 0.368 e. The Balaban J connectivity index is 2.23. The lowest BCUT2D eigenvalue weighted by Crippen LogP contribution is -2.49. The Morgan fingerprint density at radius 1 is 1.40 bits per heavy atom. The van der Waals surface area contributed by atoms with Gasteiger partial charge in [0.2, 0.25) is 5.91 Å². The fourth-order valence-corrected chi connectivity index (χ4v) is 3.39. The zero-order valence-corrected chi connectivity index (χ0v) is 12.6. The zero-order valence-electron chi connectivity index (χ0n) is 11.8. The van der Waals surface area contributed by atoms with E-state index in [2.05, 4.69) is 10.3 Å². The lowest BCUT2D eigenvalue weighted by atomic mass is 10.0. The zero-order chi connectivity index (χ0) is 14.7. The Morgan fingerprint density at radius 3 is 2.55 bits per heavy atom. The van der Waals surface area contributed by atoms with Gasteiger partial charge >= 0.3 is 0 Å². The minimum Gasteiger partial charge on any atom is -0.368 e. The van der Waals surface area contributed by atoms with Crippen LogP contribution < -0.4 is 11.1 Å². The molecule has 1 aliphatic heterocycles. The highest BCUT2D eigenvalue weighted by molar-refractivity contribution is 7.13. The Morgan fingerprint density at radius 2 is 2.05 bits per heavy atom. The predicted octanol–water partition coefficient (Wildman–Crippen LogP) is 0.439. The van der Waals surface area contributed by atoms with Gasteiger partial charge < -0.3 is 16.0 Å². The number of thiazole rings is 1. The minimum absolute atomic E-state index is 0.0279. The molecule has 1 aromatic heterocycles. The van der Waals surface area contributed by atoms with Crippen molar-refractivity contribution < 1.29 is 9.59 Å². The van der Waals surface area contributed by atoms with Crippen molar-refractivity contribution in [3.8, 4) is 0 Å². The molecule has 0 aromatic carbocycles. The van der Waals surface area contributed by atoms with Crippen LogP contribution in [-0.4, -0.2) is 47.4 Å². The summed E-state index contributed by atoms with van der Waals surface area (Å²) < 4.78 is 0. The van der Waals surface area contributed by atoms with E-state index >= 15 is 0 Å². The molecule has 20 heavy (non-hydrogen) atoms. The Labute approximate surface area is 122 Å². The highest BCUT2D eigenvalue weighted by atomic mass is 32.1. The summed E-state index contributed by atoms with van der Waals surface area (Å²) in [6, 6.07) is 0.0676. The number of rotatable bonds is 4. The van der Waals surface area contributed by atoms with Crippen molar-refractivity contribution in [3.63, 3.8) is 0 Å². The van der Waals surface area contributed by atoms with Crippen LogP contribution in [0.4, 0.5) is 0 Å². The number of piperidine rings is 1. The summed E-state index contributed by atoms with van der Waals surface area (Å²) in [5.41, 5.74) is 6.02. The summed E-state index contributed by atoms with van der Waals surface area (Å²) in [4.78, 5) is 30.5. The number of amides is 2. The van der Waals surface area contributed by atoms with Crippen LogP contribution >= 0.6 is 11.3 Å². The van der Waals surface area contributed by atoms with E-state index in [9.17, 15) is 9.59 Å². The molecule has 0 spiro atoms. The SMILES string of the molecule is Cc1nc(C)c(C(=O)N(CC(N)=O)C2CCNCC2)s1. The van der Waals surface area contributed by atoms with Crippen LogP contribution in [0.25, 0.3) is 0 Å². The number of nitrogens with zero attached hydrogens (tertiary/aromatic N) is 2. The van der Waals surface area contributed by atoms with Crippen LogP contribution in [0.3, 0.4) is 0 Å². The molecule has 0 atom stereocenters. The number of hydrogen-bond donors (Lipinski definition) is 2. The summed E-state index contributed by atoms with van der Waals surface area (Å²) in [7, 11) is 0. The highest BCUT2D eigenvalue weighted by Crippen LogP contribution is 2.22. The molecule has 6 nitrogen and oxygen atoms in total. The Hall–Kier alpha value is -1.47. The average Bonchev–Trinajstić information content (AvgIpc) is 2.75. The molecule has 1 aliphatic rings. The smallest absolute Gasteiger partial charge is 0.266 e. The van der Waals surface area contributed by atoms with Crippen LogP contribution in [0.2, 0.25) is 0 Å². The first-order valence-electron chi connectivity index (χ1n) is 6.73. The van der Waals surface area contributed by atoms with Crippen LogP contribution in [0.15, 0.2) is 0 Å². The van der Waals surface area contributed by atoms with Crippen molar-refractivity contribution in [2.45, 2.75) is 32.7 Å². The van der Waals surface area contributed by atoms with Crippen molar-refractivity contribution in [2.24, 2.45) is 5.73 Å². The van der Waals surface area contributed by atoms with Crippen molar-refractivity contribution in [1.29, 1.82) is 0 Å². The van der Waals surface area contributed by atoms with E-state index in [1.165, 1.54) is 11.3 Å². The van der Waals surface area contributed by atoms with Gasteiger partial charge in [-0.25, -0.2) is 4.98 Å². The number of primary amides is 1. The van der Waals surface area contributed by atoms with E-state index in [0.29, 0.717) is 4.88 Å². The quantitative estimate of drug-likeness (QED) is 0.844. The van der Waals surface area contributed by atoms with Gasteiger partial charge in [-0.3, -0.25) is 9.59 Å². The molecule has 2 heterocycles. The predicted molar refractivity (Wildman–Crippen MR) is 77.7 cm³/mol. The van der Waals surface area contributed by atoms with Gasteiger partial charge in [0.15, 0.2) is 0 Å². The molecule has 3 N–H and O–H groups in total. The molecule has 0 saturated carbocycles. The number of nitrogens with one attached hydrogen (secondary N) is 1. The molecule has 1 aromatic rings. The van der Waals surface area contributed by atoms with Gasteiger partial charge in [-0.15, -0.1) is 11.3 Å². The lowest BCUT2D eigenvalue weighted by molar-refractivity contribution is -0.119. The van der Waals surface area contributed by atoms with E-state index in [1.54, 1.807) is 4.90 Å². The summed E-state index contributed by atoms with van der Waals surface area (Å²) in [5.74, 6) is -0.602. The fraction of sp³-hybridized carbons (Fsp3) is 0.615. The number of carbonyl (C=O) groups is 2. The summed E-state index contributed by atoms with van der Waals surface area (Å²) in [6.45, 7) is 5.38. The van der Waals surface area contributed by atoms with Gasteiger partial charge in [-0.2, -0.15) is 0 Å². The van der Waals surface area contributed by atoms with Crippen LogP contribution in [0.1, 0.15) is 33.2 Å². The van der Waals surface area contributed by atoms with Crippen LogP contribution in [-0.2, 0) is 4.79 Å². The maximum absolute atomic E-state index is 12.7. The second-order valence-electron chi connectivity index (χ2n) is 5.03. The third kappa shape index (κ3) is 3.34. The normalized spacial score (nSPS) is 16.1. The van der Waals surface area contributed by atoms with Crippen molar-refractivity contribution >= 4 is 23.2 Å². The second-order valence-corrected chi connectivity index (χ2v) is 6.23. The van der Waals surface area contributed by atoms with Gasteiger partial charge in [0.05, 0.1) is 17.2 Å². The van der Waals surface area contributed by atoms with E-state index in [4.69, 9.17) is 5.73 Å². The van der Waals surface area contributed by atoms with E-state index in [1.807, 2.05) is 13.8 Å². The molecular weight excluding hydrogens is 276 g/mol. The Bertz CT molecular complexity index is 508. The summed E-state index contributed by atoms with van der Waals surface area (Å²) in [5, 5.41) is 4.11. The molecule has 0 unspecified atom stereocenters. The number of nitrogens with two attached hydrogens (primary N) is 1. The standard InChI is InChI=1S/C13H20N4O2S/c1-8-12(20-9(2)16-8)13(19)17(7-11(14)18)10-3-5-15-6-4-10/h10,15H,3-7H2,1-2H3,(H2,14,18).